The summed E-state index contributed by atoms with van der Waals surface area (Å²) in [5.74, 6) is 0. The quantitative estimate of drug-likeness (QED) is 0.779. The van der Waals surface area contributed by atoms with E-state index in [1.165, 1.54) is 0 Å². The van der Waals surface area contributed by atoms with Crippen molar-refractivity contribution in [1.29, 1.82) is 0 Å². The highest BCUT2D eigenvalue weighted by Gasteiger charge is 2.20. The topological polar surface area (TPSA) is 52.4 Å². The first-order valence-corrected chi connectivity index (χ1v) is 8.50. The Balaban J connectivity index is 1.55. The molecule has 6 nitrogen and oxygen atoms in total. The normalized spacial score (nSPS) is 17.9. The van der Waals surface area contributed by atoms with Gasteiger partial charge in [0, 0.05) is 40.1 Å². The summed E-state index contributed by atoms with van der Waals surface area (Å²) in [6, 6.07) is 10.2. The molecule has 0 saturated carbocycles. The number of likely N-dealkylation sites (tertiary alicyclic amines) is 1. The van der Waals surface area contributed by atoms with Crippen molar-refractivity contribution in [3.63, 3.8) is 0 Å². The summed E-state index contributed by atoms with van der Waals surface area (Å²) in [4.78, 5) is 2.41. The second-order valence-corrected chi connectivity index (χ2v) is 6.28. The average molecular weight is 330 g/mol. The molecule has 3 rings (SSSR count). The number of ether oxygens (including phenoxy) is 2. The molecule has 1 aromatic heterocycles. The summed E-state index contributed by atoms with van der Waals surface area (Å²) in [7, 11) is 3.53. The zero-order valence-corrected chi connectivity index (χ0v) is 14.5. The molecule has 0 aliphatic carbocycles. The van der Waals surface area contributed by atoms with Crippen molar-refractivity contribution in [2.45, 2.75) is 38.1 Å². The summed E-state index contributed by atoms with van der Waals surface area (Å²) in [5, 5.41) is 8.58. The number of hydrogen-bond donors (Lipinski definition) is 0. The van der Waals surface area contributed by atoms with E-state index in [-0.39, 0.29) is 6.10 Å². The van der Waals surface area contributed by atoms with Gasteiger partial charge in [0.2, 0.25) is 0 Å². The number of piperidine rings is 1. The van der Waals surface area contributed by atoms with E-state index >= 15 is 0 Å². The molecule has 0 radical (unpaired) electrons. The van der Waals surface area contributed by atoms with Crippen molar-refractivity contribution in [2.75, 3.05) is 27.3 Å². The zero-order chi connectivity index (χ0) is 16.8. The molecule has 6 heteroatoms. The molecule has 1 aliphatic rings. The molecule has 2 aromatic rings. The van der Waals surface area contributed by atoms with E-state index in [0.29, 0.717) is 12.6 Å². The summed E-state index contributed by atoms with van der Waals surface area (Å²) in [5.41, 5.74) is 2.16. The van der Waals surface area contributed by atoms with Gasteiger partial charge in [-0.15, -0.1) is 5.10 Å². The van der Waals surface area contributed by atoms with Crippen LogP contribution in [0.15, 0.2) is 36.5 Å². The van der Waals surface area contributed by atoms with Crippen LogP contribution in [0.25, 0.3) is 0 Å². The van der Waals surface area contributed by atoms with Crippen molar-refractivity contribution >= 4 is 0 Å². The van der Waals surface area contributed by atoms with E-state index in [2.05, 4.69) is 27.3 Å². The van der Waals surface area contributed by atoms with Crippen LogP contribution >= 0.6 is 0 Å². The Bertz CT molecular complexity index is 608. The molecule has 24 heavy (non-hydrogen) atoms. The SMILES string of the molecule is COC1CCN(Cc2cn(CC(OC)c3ccccc3)nn2)CC1. The lowest BCUT2D eigenvalue weighted by Crippen LogP contribution is -2.36. The maximum absolute atomic E-state index is 5.61. The van der Waals surface area contributed by atoms with Crippen LogP contribution in [-0.4, -0.2) is 53.3 Å². The molecule has 1 aliphatic heterocycles. The van der Waals surface area contributed by atoms with Gasteiger partial charge in [-0.2, -0.15) is 0 Å². The fraction of sp³-hybridized carbons (Fsp3) is 0.556. The minimum Gasteiger partial charge on any atom is -0.381 e. The first-order valence-electron chi connectivity index (χ1n) is 8.50. The summed E-state index contributed by atoms with van der Waals surface area (Å²) in [6.07, 6.45) is 4.59. The molecule has 1 saturated heterocycles. The molecule has 130 valence electrons. The van der Waals surface area contributed by atoms with Crippen molar-refractivity contribution in [3.8, 4) is 0 Å². The highest BCUT2D eigenvalue weighted by atomic mass is 16.5. The lowest BCUT2D eigenvalue weighted by atomic mass is 10.1. The van der Waals surface area contributed by atoms with Crippen LogP contribution in [0.1, 0.15) is 30.2 Å². The van der Waals surface area contributed by atoms with Gasteiger partial charge in [-0.1, -0.05) is 35.5 Å². The fourth-order valence-electron chi connectivity index (χ4n) is 3.19. The van der Waals surface area contributed by atoms with Gasteiger partial charge in [-0.05, 0) is 18.4 Å². The van der Waals surface area contributed by atoms with Gasteiger partial charge in [0.1, 0.15) is 6.10 Å². The van der Waals surface area contributed by atoms with E-state index in [1.807, 2.05) is 29.1 Å². The molecule has 0 spiro atoms. The lowest BCUT2D eigenvalue weighted by molar-refractivity contribution is 0.0385. The molecular weight excluding hydrogens is 304 g/mol. The van der Waals surface area contributed by atoms with Gasteiger partial charge < -0.3 is 9.47 Å². The Morgan fingerprint density at radius 2 is 1.92 bits per heavy atom. The van der Waals surface area contributed by atoms with E-state index in [1.54, 1.807) is 14.2 Å². The van der Waals surface area contributed by atoms with Crippen molar-refractivity contribution in [1.82, 2.24) is 19.9 Å². The third-order valence-electron chi connectivity index (χ3n) is 4.65. The lowest BCUT2D eigenvalue weighted by Gasteiger charge is -2.30. The summed E-state index contributed by atoms with van der Waals surface area (Å²) >= 11 is 0. The van der Waals surface area contributed by atoms with Crippen molar-refractivity contribution in [3.05, 3.63) is 47.8 Å². The monoisotopic (exact) mass is 330 g/mol. The Morgan fingerprint density at radius 1 is 1.17 bits per heavy atom. The molecule has 0 amide bonds. The predicted molar refractivity (Wildman–Crippen MR) is 91.5 cm³/mol. The second kappa shape index (κ2) is 8.37. The maximum Gasteiger partial charge on any atom is 0.102 e. The first kappa shape index (κ1) is 17.1. The smallest absolute Gasteiger partial charge is 0.102 e. The molecule has 1 fully saturated rings. The van der Waals surface area contributed by atoms with Crippen LogP contribution in [0, 0.1) is 0 Å². The first-order chi connectivity index (χ1) is 11.8. The van der Waals surface area contributed by atoms with Gasteiger partial charge in [-0.25, -0.2) is 4.68 Å². The molecule has 2 heterocycles. The highest BCUT2D eigenvalue weighted by Crippen LogP contribution is 2.19. The van der Waals surface area contributed by atoms with Crippen molar-refractivity contribution in [2.24, 2.45) is 0 Å². The van der Waals surface area contributed by atoms with Crippen LogP contribution in [0.3, 0.4) is 0 Å². The van der Waals surface area contributed by atoms with Crippen LogP contribution in [-0.2, 0) is 22.6 Å². The Labute approximate surface area is 143 Å². The Hall–Kier alpha value is -1.76. The predicted octanol–water partition coefficient (Wildman–Crippen LogP) is 2.28. The average Bonchev–Trinajstić information content (AvgIpc) is 3.08. The standard InChI is InChI=1S/C18H26N4O2/c1-23-17-8-10-21(11-9-17)12-16-13-22(20-19-16)14-18(24-2)15-6-4-3-5-7-15/h3-7,13,17-18H,8-12,14H2,1-2H3. The minimum absolute atomic E-state index is 0.0156. The Kier molecular flexibility index (Phi) is 5.96. The molecule has 0 bridgehead atoms. The molecule has 0 N–H and O–H groups in total. The van der Waals surface area contributed by atoms with Crippen LogP contribution in [0.4, 0.5) is 0 Å². The molecular formula is C18H26N4O2. The number of benzene rings is 1. The van der Waals surface area contributed by atoms with Crippen molar-refractivity contribution < 1.29 is 9.47 Å². The number of nitrogens with zero attached hydrogens (tertiary/aromatic N) is 4. The fourth-order valence-corrected chi connectivity index (χ4v) is 3.19. The van der Waals surface area contributed by atoms with Gasteiger partial charge in [0.25, 0.3) is 0 Å². The molecule has 1 atom stereocenters. The van der Waals surface area contributed by atoms with E-state index in [9.17, 15) is 0 Å². The second-order valence-electron chi connectivity index (χ2n) is 6.28. The van der Waals surface area contributed by atoms with Crippen LogP contribution in [0.5, 0.6) is 0 Å². The third-order valence-corrected chi connectivity index (χ3v) is 4.65. The third kappa shape index (κ3) is 4.41. The van der Waals surface area contributed by atoms with E-state index in [0.717, 1.165) is 43.7 Å². The minimum atomic E-state index is -0.0156. The number of aromatic nitrogens is 3. The van der Waals surface area contributed by atoms with Crippen LogP contribution < -0.4 is 0 Å². The van der Waals surface area contributed by atoms with Gasteiger partial charge in [-0.3, -0.25) is 4.90 Å². The van der Waals surface area contributed by atoms with E-state index < -0.39 is 0 Å². The van der Waals surface area contributed by atoms with E-state index in [4.69, 9.17) is 9.47 Å². The summed E-state index contributed by atoms with van der Waals surface area (Å²) < 4.78 is 12.9. The van der Waals surface area contributed by atoms with Gasteiger partial charge in [0.05, 0.1) is 18.3 Å². The zero-order valence-electron chi connectivity index (χ0n) is 14.5. The van der Waals surface area contributed by atoms with Gasteiger partial charge >= 0.3 is 0 Å². The summed E-state index contributed by atoms with van der Waals surface area (Å²) in [6.45, 7) is 3.62. The number of hydrogen-bond acceptors (Lipinski definition) is 5. The Morgan fingerprint density at radius 3 is 2.58 bits per heavy atom. The maximum atomic E-state index is 5.61. The number of methoxy groups -OCH3 is 2. The largest absolute Gasteiger partial charge is 0.381 e. The molecule has 1 aromatic carbocycles. The van der Waals surface area contributed by atoms with Gasteiger partial charge in [0.15, 0.2) is 0 Å². The van der Waals surface area contributed by atoms with Crippen LogP contribution in [0.2, 0.25) is 0 Å². The highest BCUT2D eigenvalue weighted by molar-refractivity contribution is 5.17. The number of rotatable bonds is 7. The molecule has 1 unspecified atom stereocenters.